The first kappa shape index (κ1) is 11.7. The predicted octanol–water partition coefficient (Wildman–Crippen LogP) is 2.10. The number of hydrogen-bond donors (Lipinski definition) is 1. The third-order valence-corrected chi connectivity index (χ3v) is 2.19. The van der Waals surface area contributed by atoms with Gasteiger partial charge in [0.1, 0.15) is 0 Å². The first-order valence-corrected chi connectivity index (χ1v) is 5.29. The smallest absolute Gasteiger partial charge is 0.220 e. The summed E-state index contributed by atoms with van der Waals surface area (Å²) in [4.78, 5) is 15.5. The molecule has 1 aromatic heterocycles. The first-order chi connectivity index (χ1) is 7.09. The van der Waals surface area contributed by atoms with E-state index >= 15 is 0 Å². The molecule has 0 radical (unpaired) electrons. The van der Waals surface area contributed by atoms with Crippen LogP contribution in [-0.2, 0) is 4.79 Å². The molecule has 1 aromatic rings. The summed E-state index contributed by atoms with van der Waals surface area (Å²) >= 11 is 0. The van der Waals surface area contributed by atoms with Crippen LogP contribution in [-0.4, -0.2) is 16.9 Å². The molecule has 0 aliphatic carbocycles. The molecule has 1 unspecified atom stereocenters. The number of nitrogens with one attached hydrogen (secondary N) is 1. The van der Waals surface area contributed by atoms with Gasteiger partial charge >= 0.3 is 0 Å². The minimum Gasteiger partial charge on any atom is -0.354 e. The van der Waals surface area contributed by atoms with E-state index in [-0.39, 0.29) is 17.9 Å². The lowest BCUT2D eigenvalue weighted by molar-refractivity contribution is -0.121. The number of hydrogen-bond acceptors (Lipinski definition) is 2. The van der Waals surface area contributed by atoms with Gasteiger partial charge in [-0.3, -0.25) is 9.78 Å². The third kappa shape index (κ3) is 4.11. The highest BCUT2D eigenvalue weighted by Gasteiger charge is 2.11. The Kier molecular flexibility index (Phi) is 4.28. The normalized spacial score (nSPS) is 12.5. The Morgan fingerprint density at radius 3 is 2.73 bits per heavy atom. The topological polar surface area (TPSA) is 42.0 Å². The van der Waals surface area contributed by atoms with Gasteiger partial charge in [-0.05, 0) is 31.4 Å². The maximum absolute atomic E-state index is 11.5. The molecule has 0 fully saturated rings. The highest BCUT2D eigenvalue weighted by molar-refractivity contribution is 5.77. The number of rotatable bonds is 4. The molecule has 3 nitrogen and oxygen atoms in total. The Balaban J connectivity index is 2.49. The number of carbonyl (C=O) groups is 1. The van der Waals surface area contributed by atoms with Gasteiger partial charge in [0.25, 0.3) is 0 Å². The Bertz CT molecular complexity index is 309. The lowest BCUT2D eigenvalue weighted by Gasteiger charge is -2.13. The third-order valence-electron chi connectivity index (χ3n) is 2.19. The number of pyridine rings is 1. The Hall–Kier alpha value is -1.38. The second-order valence-corrected chi connectivity index (χ2v) is 4.11. The lowest BCUT2D eigenvalue weighted by atomic mass is 9.99. The lowest BCUT2D eigenvalue weighted by Crippen LogP contribution is -2.30. The van der Waals surface area contributed by atoms with Gasteiger partial charge in [0.15, 0.2) is 0 Å². The van der Waals surface area contributed by atoms with Crippen molar-refractivity contribution in [3.63, 3.8) is 0 Å². The Labute approximate surface area is 90.9 Å². The van der Waals surface area contributed by atoms with Crippen molar-refractivity contribution >= 4 is 5.91 Å². The number of carbonyl (C=O) groups excluding carboxylic acids is 1. The minimum absolute atomic E-state index is 0.0985. The summed E-state index contributed by atoms with van der Waals surface area (Å²) < 4.78 is 0. The fourth-order valence-electron chi connectivity index (χ4n) is 1.44. The van der Waals surface area contributed by atoms with Crippen molar-refractivity contribution in [1.29, 1.82) is 0 Å². The zero-order valence-electron chi connectivity index (χ0n) is 9.53. The average Bonchev–Trinajstić information content (AvgIpc) is 2.17. The molecule has 0 saturated carbocycles. The van der Waals surface area contributed by atoms with E-state index in [1.807, 2.05) is 39.1 Å². The second-order valence-electron chi connectivity index (χ2n) is 4.11. The van der Waals surface area contributed by atoms with Crippen molar-refractivity contribution in [2.24, 2.45) is 0 Å². The molecule has 82 valence electrons. The summed E-state index contributed by atoms with van der Waals surface area (Å²) in [5, 5.41) is 2.88. The van der Waals surface area contributed by atoms with Gasteiger partial charge in [0, 0.05) is 24.9 Å². The monoisotopic (exact) mass is 206 g/mol. The fraction of sp³-hybridized carbons (Fsp3) is 0.500. The molecule has 3 heteroatoms. The van der Waals surface area contributed by atoms with Gasteiger partial charge in [-0.25, -0.2) is 0 Å². The van der Waals surface area contributed by atoms with Crippen molar-refractivity contribution in [2.45, 2.75) is 39.2 Å². The highest BCUT2D eigenvalue weighted by atomic mass is 16.1. The molecule has 0 spiro atoms. The maximum atomic E-state index is 11.5. The summed E-state index contributed by atoms with van der Waals surface area (Å²) in [5.74, 6) is 0.318. The van der Waals surface area contributed by atoms with Gasteiger partial charge in [-0.1, -0.05) is 13.0 Å². The van der Waals surface area contributed by atoms with Crippen LogP contribution in [0.25, 0.3) is 0 Å². The van der Waals surface area contributed by atoms with E-state index in [2.05, 4.69) is 10.3 Å². The van der Waals surface area contributed by atoms with Crippen molar-refractivity contribution in [3.05, 3.63) is 30.1 Å². The van der Waals surface area contributed by atoms with Crippen LogP contribution in [0.1, 0.15) is 38.7 Å². The molecule has 1 rings (SSSR count). The van der Waals surface area contributed by atoms with Crippen LogP contribution >= 0.6 is 0 Å². The molecule has 1 N–H and O–H groups in total. The van der Waals surface area contributed by atoms with Crippen molar-refractivity contribution < 1.29 is 4.79 Å². The first-order valence-electron chi connectivity index (χ1n) is 5.29. The standard InChI is InChI=1S/C12H18N2O/c1-9(2)14-12(15)7-10(3)11-5-4-6-13-8-11/h4-6,8-10H,7H2,1-3H3,(H,14,15). The summed E-state index contributed by atoms with van der Waals surface area (Å²) in [6.07, 6.45) is 4.07. The molecule has 0 saturated heterocycles. The van der Waals surface area contributed by atoms with Crippen LogP contribution in [0.4, 0.5) is 0 Å². The minimum atomic E-state index is 0.0985. The van der Waals surface area contributed by atoms with Crippen LogP contribution < -0.4 is 5.32 Å². The molecule has 1 atom stereocenters. The van der Waals surface area contributed by atoms with Crippen molar-refractivity contribution in [1.82, 2.24) is 10.3 Å². The number of aromatic nitrogens is 1. The van der Waals surface area contributed by atoms with Crippen LogP contribution in [0.15, 0.2) is 24.5 Å². The van der Waals surface area contributed by atoms with E-state index < -0.39 is 0 Å². The van der Waals surface area contributed by atoms with E-state index in [0.29, 0.717) is 6.42 Å². The van der Waals surface area contributed by atoms with Gasteiger partial charge in [0.2, 0.25) is 5.91 Å². The van der Waals surface area contributed by atoms with E-state index in [9.17, 15) is 4.79 Å². The molecular formula is C12H18N2O. The zero-order valence-corrected chi connectivity index (χ0v) is 9.53. The second kappa shape index (κ2) is 5.49. The van der Waals surface area contributed by atoms with Gasteiger partial charge in [0.05, 0.1) is 0 Å². The summed E-state index contributed by atoms with van der Waals surface area (Å²) in [5.41, 5.74) is 1.11. The van der Waals surface area contributed by atoms with Gasteiger partial charge in [-0.15, -0.1) is 0 Å². The summed E-state index contributed by atoms with van der Waals surface area (Å²) in [7, 11) is 0. The number of nitrogens with zero attached hydrogens (tertiary/aromatic N) is 1. The summed E-state index contributed by atoms with van der Waals surface area (Å²) in [6.45, 7) is 5.97. The van der Waals surface area contributed by atoms with E-state index in [1.165, 1.54) is 0 Å². The van der Waals surface area contributed by atoms with E-state index in [4.69, 9.17) is 0 Å². The molecular weight excluding hydrogens is 188 g/mol. The van der Waals surface area contributed by atoms with Crippen LogP contribution in [0.3, 0.4) is 0 Å². The maximum Gasteiger partial charge on any atom is 0.220 e. The van der Waals surface area contributed by atoms with Crippen molar-refractivity contribution in [3.8, 4) is 0 Å². The quantitative estimate of drug-likeness (QED) is 0.819. The largest absolute Gasteiger partial charge is 0.354 e. The van der Waals surface area contributed by atoms with E-state index in [0.717, 1.165) is 5.56 Å². The predicted molar refractivity (Wildman–Crippen MR) is 60.5 cm³/mol. The Morgan fingerprint density at radius 2 is 2.20 bits per heavy atom. The Morgan fingerprint density at radius 1 is 1.47 bits per heavy atom. The van der Waals surface area contributed by atoms with Crippen molar-refractivity contribution in [2.75, 3.05) is 0 Å². The highest BCUT2D eigenvalue weighted by Crippen LogP contribution is 2.17. The molecule has 1 amide bonds. The molecule has 0 aliphatic heterocycles. The molecule has 1 heterocycles. The number of amides is 1. The van der Waals surface area contributed by atoms with Crippen LogP contribution in [0, 0.1) is 0 Å². The average molecular weight is 206 g/mol. The molecule has 0 aromatic carbocycles. The zero-order chi connectivity index (χ0) is 11.3. The molecule has 15 heavy (non-hydrogen) atoms. The van der Waals surface area contributed by atoms with E-state index in [1.54, 1.807) is 6.20 Å². The van der Waals surface area contributed by atoms with Gasteiger partial charge in [-0.2, -0.15) is 0 Å². The van der Waals surface area contributed by atoms with Crippen LogP contribution in [0.2, 0.25) is 0 Å². The van der Waals surface area contributed by atoms with Crippen LogP contribution in [0.5, 0.6) is 0 Å². The summed E-state index contributed by atoms with van der Waals surface area (Å²) in [6, 6.07) is 4.10. The van der Waals surface area contributed by atoms with Gasteiger partial charge < -0.3 is 5.32 Å². The fourth-order valence-corrected chi connectivity index (χ4v) is 1.44. The molecule has 0 bridgehead atoms. The SMILES string of the molecule is CC(C)NC(=O)CC(C)c1cccnc1. The molecule has 0 aliphatic rings.